The average molecular weight is 499 g/mol. The van der Waals surface area contributed by atoms with Gasteiger partial charge in [0.1, 0.15) is 0 Å². The molecule has 0 bridgehead atoms. The Balaban J connectivity index is 0.00000392. The molecule has 0 unspecified atom stereocenters. The molecule has 0 fully saturated rings. The van der Waals surface area contributed by atoms with Crippen molar-refractivity contribution in [1.29, 1.82) is 0 Å². The molecule has 0 radical (unpaired) electrons. The molecule has 1 amide bonds. The number of primary amides is 1. The van der Waals surface area contributed by atoms with Crippen molar-refractivity contribution in [3.05, 3.63) is 52.9 Å². The quantitative estimate of drug-likeness (QED) is 0.278. The number of nitrogens with zero attached hydrogens (tertiary/aromatic N) is 2. The average Bonchev–Trinajstić information content (AvgIpc) is 3.14. The lowest BCUT2D eigenvalue weighted by molar-refractivity contribution is 0.1000. The number of aliphatic imine (C=N–C) groups is 1. The molecule has 28 heavy (non-hydrogen) atoms. The fourth-order valence-electron chi connectivity index (χ4n) is 2.82. The normalized spacial score (nSPS) is 11.2. The fourth-order valence-corrected chi connectivity index (χ4v) is 2.82. The number of halogens is 1. The Kier molecular flexibility index (Phi) is 10.6. The summed E-state index contributed by atoms with van der Waals surface area (Å²) in [4.78, 5) is 15.8. The summed E-state index contributed by atoms with van der Waals surface area (Å²) in [6.07, 6.45) is 2.09. The van der Waals surface area contributed by atoms with Crippen LogP contribution in [0.4, 0.5) is 0 Å². The van der Waals surface area contributed by atoms with Gasteiger partial charge in [-0.25, -0.2) is 4.99 Å². The van der Waals surface area contributed by atoms with E-state index in [9.17, 15) is 4.79 Å². The first-order valence-electron chi connectivity index (χ1n) is 9.43. The predicted molar refractivity (Wildman–Crippen MR) is 122 cm³/mol. The first-order chi connectivity index (χ1) is 13.1. The van der Waals surface area contributed by atoms with Gasteiger partial charge < -0.3 is 20.9 Å². The minimum absolute atomic E-state index is 0. The number of benzene rings is 1. The molecule has 154 valence electrons. The maximum absolute atomic E-state index is 11.3. The first-order valence-corrected chi connectivity index (χ1v) is 9.43. The van der Waals surface area contributed by atoms with Crippen LogP contribution in [0, 0.1) is 0 Å². The van der Waals surface area contributed by atoms with E-state index in [4.69, 9.17) is 10.3 Å². The van der Waals surface area contributed by atoms with Crippen molar-refractivity contribution in [2.75, 3.05) is 6.54 Å². The molecule has 2 aromatic rings. The second-order valence-electron chi connectivity index (χ2n) is 6.34. The highest BCUT2D eigenvalue weighted by molar-refractivity contribution is 14.0. The summed E-state index contributed by atoms with van der Waals surface area (Å²) in [5, 5.41) is 10.6. The highest BCUT2D eigenvalue weighted by Gasteiger charge is 2.13. The molecule has 4 N–H and O–H groups in total. The zero-order chi connectivity index (χ0) is 19.6. The van der Waals surface area contributed by atoms with Crippen LogP contribution in [0.25, 0.3) is 0 Å². The van der Waals surface area contributed by atoms with Gasteiger partial charge in [-0.05, 0) is 37.5 Å². The lowest BCUT2D eigenvalue weighted by Crippen LogP contribution is -2.36. The molecule has 0 saturated carbocycles. The fraction of sp³-hybridized carbons (Fsp3) is 0.450. The van der Waals surface area contributed by atoms with Gasteiger partial charge in [0.15, 0.2) is 11.7 Å². The summed E-state index contributed by atoms with van der Waals surface area (Å²) >= 11 is 0. The van der Waals surface area contributed by atoms with E-state index in [1.165, 1.54) is 0 Å². The number of carbonyl (C=O) groups is 1. The maximum atomic E-state index is 11.3. The SMILES string of the molecule is CCNC(=NCc1cccc(C(N)=O)c1)NCc1cc(C(CC)CC)no1.I. The van der Waals surface area contributed by atoms with Crippen molar-refractivity contribution >= 4 is 35.8 Å². The van der Waals surface area contributed by atoms with Crippen LogP contribution in [0.2, 0.25) is 0 Å². The number of nitrogens with two attached hydrogens (primary N) is 1. The lowest BCUT2D eigenvalue weighted by atomic mass is 9.99. The highest BCUT2D eigenvalue weighted by atomic mass is 127. The van der Waals surface area contributed by atoms with E-state index in [0.717, 1.165) is 36.4 Å². The minimum atomic E-state index is -0.440. The van der Waals surface area contributed by atoms with Gasteiger partial charge in [-0.15, -0.1) is 24.0 Å². The van der Waals surface area contributed by atoms with Crippen molar-refractivity contribution in [3.8, 4) is 0 Å². The number of amides is 1. The van der Waals surface area contributed by atoms with E-state index in [-0.39, 0.29) is 24.0 Å². The van der Waals surface area contributed by atoms with E-state index in [2.05, 4.69) is 34.6 Å². The summed E-state index contributed by atoms with van der Waals surface area (Å²) in [5.74, 6) is 1.44. The molecule has 7 nitrogen and oxygen atoms in total. The summed E-state index contributed by atoms with van der Waals surface area (Å²) in [7, 11) is 0. The second kappa shape index (κ2) is 12.4. The standard InChI is InChI=1S/C20H29N5O2.HI/c1-4-15(5-2)18-11-17(27-25-18)13-24-20(22-6-3)23-12-14-8-7-9-16(10-14)19(21)26;/h7-11,15H,4-6,12-13H2,1-3H3,(H2,21,26)(H2,22,23,24);1H. The van der Waals surface area contributed by atoms with Crippen LogP contribution < -0.4 is 16.4 Å². The number of hydrogen-bond donors (Lipinski definition) is 3. The number of nitrogens with one attached hydrogen (secondary N) is 2. The van der Waals surface area contributed by atoms with Crippen LogP contribution in [-0.2, 0) is 13.1 Å². The van der Waals surface area contributed by atoms with E-state index in [1.54, 1.807) is 18.2 Å². The third kappa shape index (κ3) is 7.14. The number of carbonyl (C=O) groups excluding carboxylic acids is 1. The predicted octanol–water partition coefficient (Wildman–Crippen LogP) is 3.55. The van der Waals surface area contributed by atoms with Crippen molar-refractivity contribution in [2.24, 2.45) is 10.7 Å². The van der Waals surface area contributed by atoms with Crippen LogP contribution in [0.1, 0.15) is 66.9 Å². The molecule has 1 aromatic carbocycles. The summed E-state index contributed by atoms with van der Waals surface area (Å²) in [5.41, 5.74) is 7.73. The summed E-state index contributed by atoms with van der Waals surface area (Å²) in [6.45, 7) is 7.99. The van der Waals surface area contributed by atoms with Gasteiger partial charge in [-0.3, -0.25) is 4.79 Å². The van der Waals surface area contributed by atoms with Crippen LogP contribution in [0.15, 0.2) is 39.8 Å². The van der Waals surface area contributed by atoms with Gasteiger partial charge in [0, 0.05) is 24.1 Å². The Labute approximate surface area is 183 Å². The monoisotopic (exact) mass is 499 g/mol. The van der Waals surface area contributed by atoms with E-state index in [0.29, 0.717) is 30.5 Å². The van der Waals surface area contributed by atoms with Gasteiger partial charge >= 0.3 is 0 Å². The molecule has 1 heterocycles. The van der Waals surface area contributed by atoms with Gasteiger partial charge in [0.05, 0.1) is 18.8 Å². The Morgan fingerprint density at radius 3 is 2.61 bits per heavy atom. The topological polar surface area (TPSA) is 106 Å². The Morgan fingerprint density at radius 1 is 1.21 bits per heavy atom. The van der Waals surface area contributed by atoms with Crippen LogP contribution in [0.3, 0.4) is 0 Å². The molecular formula is C20H30IN5O2. The molecule has 8 heteroatoms. The first kappa shape index (κ1) is 23.9. The van der Waals surface area contributed by atoms with Crippen molar-refractivity contribution in [3.63, 3.8) is 0 Å². The highest BCUT2D eigenvalue weighted by Crippen LogP contribution is 2.22. The largest absolute Gasteiger partial charge is 0.366 e. The van der Waals surface area contributed by atoms with E-state index < -0.39 is 5.91 Å². The van der Waals surface area contributed by atoms with Crippen molar-refractivity contribution < 1.29 is 9.32 Å². The molecule has 0 atom stereocenters. The number of aromatic nitrogens is 1. The van der Waals surface area contributed by atoms with Crippen LogP contribution in [-0.4, -0.2) is 23.6 Å². The smallest absolute Gasteiger partial charge is 0.248 e. The minimum Gasteiger partial charge on any atom is -0.366 e. The van der Waals surface area contributed by atoms with Gasteiger partial charge in [-0.1, -0.05) is 31.1 Å². The molecule has 1 aromatic heterocycles. The molecule has 0 aliphatic rings. The Bertz CT molecular complexity index is 771. The van der Waals surface area contributed by atoms with Gasteiger partial charge in [-0.2, -0.15) is 0 Å². The zero-order valence-corrected chi connectivity index (χ0v) is 19.0. The van der Waals surface area contributed by atoms with Gasteiger partial charge in [0.25, 0.3) is 0 Å². The summed E-state index contributed by atoms with van der Waals surface area (Å²) < 4.78 is 5.44. The summed E-state index contributed by atoms with van der Waals surface area (Å²) in [6, 6.07) is 9.18. The molecule has 0 aliphatic carbocycles. The number of guanidine groups is 1. The molecule has 0 saturated heterocycles. The Hall–Kier alpha value is -2.10. The Morgan fingerprint density at radius 2 is 1.96 bits per heavy atom. The van der Waals surface area contributed by atoms with E-state index >= 15 is 0 Å². The molecular weight excluding hydrogens is 469 g/mol. The molecule has 0 spiro atoms. The number of rotatable bonds is 9. The van der Waals surface area contributed by atoms with Crippen molar-refractivity contribution in [1.82, 2.24) is 15.8 Å². The van der Waals surface area contributed by atoms with E-state index in [1.807, 2.05) is 19.1 Å². The molecule has 0 aliphatic heterocycles. The van der Waals surface area contributed by atoms with Crippen LogP contribution in [0.5, 0.6) is 0 Å². The number of hydrogen-bond acceptors (Lipinski definition) is 4. The third-order valence-corrected chi connectivity index (χ3v) is 4.39. The molecule has 2 rings (SSSR count). The maximum Gasteiger partial charge on any atom is 0.248 e. The van der Waals surface area contributed by atoms with Crippen molar-refractivity contribution in [2.45, 2.75) is 52.6 Å². The lowest BCUT2D eigenvalue weighted by Gasteiger charge is -2.10. The van der Waals surface area contributed by atoms with Gasteiger partial charge in [0.2, 0.25) is 5.91 Å². The van der Waals surface area contributed by atoms with Crippen LogP contribution >= 0.6 is 24.0 Å². The third-order valence-electron chi connectivity index (χ3n) is 4.39. The zero-order valence-electron chi connectivity index (χ0n) is 16.7. The second-order valence-corrected chi connectivity index (χ2v) is 6.34.